The highest BCUT2D eigenvalue weighted by Gasteiger charge is 2.53. The van der Waals surface area contributed by atoms with Crippen LogP contribution in [0.1, 0.15) is 162 Å². The summed E-state index contributed by atoms with van der Waals surface area (Å²) in [6, 6.07) is -0.977. The molecule has 3 heterocycles. The van der Waals surface area contributed by atoms with Crippen molar-refractivity contribution in [3.63, 3.8) is 0 Å². The Labute approximate surface area is 452 Å². The van der Waals surface area contributed by atoms with Crippen molar-refractivity contribution in [1.29, 1.82) is 0 Å². The van der Waals surface area contributed by atoms with Gasteiger partial charge in [0.25, 0.3) is 0 Å². The van der Waals surface area contributed by atoms with Crippen LogP contribution in [0, 0.1) is 0 Å². The Balaban J connectivity index is 1.49. The summed E-state index contributed by atoms with van der Waals surface area (Å²) in [5, 5.41) is 120. The lowest BCUT2D eigenvalue weighted by Gasteiger charge is -2.48. The summed E-state index contributed by atoms with van der Waals surface area (Å²) in [5.74, 6) is -0.290. The molecule has 3 fully saturated rings. The van der Waals surface area contributed by atoms with Crippen molar-refractivity contribution < 1.29 is 89.4 Å². The van der Waals surface area contributed by atoms with Crippen molar-refractivity contribution in [3.05, 3.63) is 60.8 Å². The third-order valence-electron chi connectivity index (χ3n) is 14.1. The van der Waals surface area contributed by atoms with Crippen molar-refractivity contribution in [2.45, 2.75) is 266 Å². The van der Waals surface area contributed by atoms with Crippen molar-refractivity contribution in [2.75, 3.05) is 26.4 Å². The number of hydrogen-bond donors (Lipinski definition) is 12. The van der Waals surface area contributed by atoms with Crippen molar-refractivity contribution >= 4 is 5.91 Å². The maximum Gasteiger partial charge on any atom is 0.220 e. The fourth-order valence-electron chi connectivity index (χ4n) is 9.36. The molecule has 17 unspecified atom stereocenters. The van der Waals surface area contributed by atoms with Gasteiger partial charge in [-0.05, 0) is 57.8 Å². The van der Waals surface area contributed by atoms with Gasteiger partial charge in [0.1, 0.15) is 73.2 Å². The van der Waals surface area contributed by atoms with E-state index in [0.29, 0.717) is 6.42 Å². The van der Waals surface area contributed by atoms with Gasteiger partial charge in [-0.15, -0.1) is 0 Å². The zero-order valence-corrected chi connectivity index (χ0v) is 45.5. The quantitative estimate of drug-likeness (QED) is 0.0304. The van der Waals surface area contributed by atoms with Crippen LogP contribution in [-0.4, -0.2) is 193 Å². The first-order valence-corrected chi connectivity index (χ1v) is 28.5. The standard InChI is InChI=1S/C57H99NO18/c1-3-5-7-9-11-13-15-16-17-18-19-20-21-22-23-24-25-27-29-31-33-35-45(63)58-40(41(62)34-32-30-28-26-14-12-10-8-6-4-2)39-71-55-51(69)48(66)53(43(37-60)73-55)76-57-52(70)49(67)54(44(38-61)74-57)75-56-50(68)47(65)46(64)42(36-59)72-56/h5,7,11,13,16-17,19-20,32,34,40-44,46-57,59-62,64-70H,3-4,6,8-10,12,14-15,18,21-31,33,35-39H2,1-2H3,(H,58,63)/b7-5-,13-11-,17-16-,20-19-,34-32+. The topological polar surface area (TPSA) is 307 Å². The molecule has 0 bridgehead atoms. The Morgan fingerprint density at radius 1 is 0.487 bits per heavy atom. The second-order valence-electron chi connectivity index (χ2n) is 20.4. The Kier molecular flexibility index (Phi) is 36.2. The van der Waals surface area contributed by atoms with Gasteiger partial charge in [0.2, 0.25) is 5.91 Å². The number of carbonyl (C=O) groups is 1. The normalized spacial score (nSPS) is 31.4. The largest absolute Gasteiger partial charge is 0.394 e. The minimum atomic E-state index is -1.98. The fraction of sp³-hybridized carbons (Fsp3) is 0.807. The van der Waals surface area contributed by atoms with E-state index >= 15 is 0 Å². The lowest BCUT2D eigenvalue weighted by atomic mass is 9.96. The van der Waals surface area contributed by atoms with Crippen LogP contribution in [0.4, 0.5) is 0 Å². The molecule has 0 aromatic carbocycles. The first-order valence-electron chi connectivity index (χ1n) is 28.5. The number of amides is 1. The molecule has 440 valence electrons. The fourth-order valence-corrected chi connectivity index (χ4v) is 9.36. The predicted molar refractivity (Wildman–Crippen MR) is 286 cm³/mol. The van der Waals surface area contributed by atoms with Crippen LogP contribution in [-0.2, 0) is 33.2 Å². The van der Waals surface area contributed by atoms with Crippen LogP contribution in [0.3, 0.4) is 0 Å². The number of ether oxygens (including phenoxy) is 6. The van der Waals surface area contributed by atoms with Crippen LogP contribution in [0.15, 0.2) is 60.8 Å². The van der Waals surface area contributed by atoms with Crippen LogP contribution in [0.2, 0.25) is 0 Å². The van der Waals surface area contributed by atoms with E-state index in [0.717, 1.165) is 83.5 Å². The lowest BCUT2D eigenvalue weighted by Crippen LogP contribution is -2.66. The smallest absolute Gasteiger partial charge is 0.220 e. The molecule has 3 rings (SSSR count). The number of allylic oxidation sites excluding steroid dienone is 9. The highest BCUT2D eigenvalue weighted by molar-refractivity contribution is 5.76. The minimum absolute atomic E-state index is 0.231. The highest BCUT2D eigenvalue weighted by atomic mass is 16.8. The number of aliphatic hydroxyl groups excluding tert-OH is 11. The average molecular weight is 1090 g/mol. The Morgan fingerprint density at radius 2 is 0.908 bits per heavy atom. The Morgan fingerprint density at radius 3 is 1.42 bits per heavy atom. The van der Waals surface area contributed by atoms with Gasteiger partial charge in [-0.1, -0.05) is 158 Å². The molecular formula is C57H99NO18. The van der Waals surface area contributed by atoms with Crippen molar-refractivity contribution in [2.24, 2.45) is 0 Å². The lowest BCUT2D eigenvalue weighted by molar-refractivity contribution is -0.379. The molecule has 0 saturated carbocycles. The molecule has 3 aliphatic heterocycles. The van der Waals surface area contributed by atoms with Gasteiger partial charge in [-0.3, -0.25) is 4.79 Å². The van der Waals surface area contributed by atoms with E-state index in [1.807, 2.05) is 6.08 Å². The first-order chi connectivity index (χ1) is 36.8. The van der Waals surface area contributed by atoms with Gasteiger partial charge in [-0.25, -0.2) is 0 Å². The molecular weight excluding hydrogens is 987 g/mol. The number of rotatable bonds is 40. The molecule has 0 aliphatic carbocycles. The minimum Gasteiger partial charge on any atom is -0.394 e. The molecule has 3 saturated heterocycles. The number of nitrogens with one attached hydrogen (secondary N) is 1. The van der Waals surface area contributed by atoms with Gasteiger partial charge < -0.3 is 89.9 Å². The van der Waals surface area contributed by atoms with Gasteiger partial charge in [0.05, 0.1) is 38.6 Å². The average Bonchev–Trinajstić information content (AvgIpc) is 3.42. The predicted octanol–water partition coefficient (Wildman–Crippen LogP) is 4.09. The second kappa shape index (κ2) is 40.6. The third-order valence-corrected chi connectivity index (χ3v) is 14.1. The molecule has 0 aromatic heterocycles. The summed E-state index contributed by atoms with van der Waals surface area (Å²) in [6.45, 7) is 1.55. The van der Waals surface area contributed by atoms with E-state index in [1.54, 1.807) is 6.08 Å². The molecule has 19 nitrogen and oxygen atoms in total. The van der Waals surface area contributed by atoms with Crippen molar-refractivity contribution in [1.82, 2.24) is 5.32 Å². The summed E-state index contributed by atoms with van der Waals surface area (Å²) in [4.78, 5) is 13.3. The highest BCUT2D eigenvalue weighted by Crippen LogP contribution is 2.33. The zero-order chi connectivity index (χ0) is 55.5. The number of aliphatic hydroxyl groups is 11. The molecule has 76 heavy (non-hydrogen) atoms. The molecule has 12 N–H and O–H groups in total. The van der Waals surface area contributed by atoms with Crippen LogP contribution >= 0.6 is 0 Å². The molecule has 19 heteroatoms. The van der Waals surface area contributed by atoms with Crippen LogP contribution in [0.5, 0.6) is 0 Å². The second-order valence-corrected chi connectivity index (χ2v) is 20.4. The monoisotopic (exact) mass is 1090 g/mol. The maximum absolute atomic E-state index is 13.3. The molecule has 3 aliphatic rings. The Hall–Kier alpha value is -2.51. The van der Waals surface area contributed by atoms with E-state index in [4.69, 9.17) is 28.4 Å². The van der Waals surface area contributed by atoms with Gasteiger partial charge in [-0.2, -0.15) is 0 Å². The SMILES string of the molecule is CC/C=C\C/C=C\C/C=C\C/C=C\CCCCCCCCCCC(=O)NC(COC1OC(CO)C(OC2OC(CO)C(OC3OC(CO)C(O)C(O)C3O)C(O)C2O)C(O)C1O)C(O)/C=C/CCCCCCCCCC. The number of carbonyl (C=O) groups excluding carboxylic acids is 1. The molecule has 0 radical (unpaired) electrons. The van der Waals surface area contributed by atoms with Crippen molar-refractivity contribution in [3.8, 4) is 0 Å². The van der Waals surface area contributed by atoms with Gasteiger partial charge in [0.15, 0.2) is 18.9 Å². The summed E-state index contributed by atoms with van der Waals surface area (Å²) < 4.78 is 34.1. The number of unbranched alkanes of at least 4 members (excludes halogenated alkanes) is 16. The molecule has 0 aromatic rings. The molecule has 1 amide bonds. The van der Waals surface area contributed by atoms with Crippen LogP contribution < -0.4 is 5.32 Å². The first kappa shape index (κ1) is 67.8. The molecule has 17 atom stereocenters. The van der Waals surface area contributed by atoms with Gasteiger partial charge in [0, 0.05) is 6.42 Å². The summed E-state index contributed by atoms with van der Waals surface area (Å²) >= 11 is 0. The van der Waals surface area contributed by atoms with E-state index in [1.165, 1.54) is 51.4 Å². The van der Waals surface area contributed by atoms with Gasteiger partial charge >= 0.3 is 0 Å². The molecule has 0 spiro atoms. The van der Waals surface area contributed by atoms with E-state index in [-0.39, 0.29) is 18.9 Å². The summed E-state index contributed by atoms with van der Waals surface area (Å²) in [7, 11) is 0. The van der Waals surface area contributed by atoms with E-state index in [9.17, 15) is 61.0 Å². The number of hydrogen-bond acceptors (Lipinski definition) is 18. The Bertz CT molecular complexity index is 1630. The third kappa shape index (κ3) is 24.9. The van der Waals surface area contributed by atoms with Crippen LogP contribution in [0.25, 0.3) is 0 Å². The summed E-state index contributed by atoms with van der Waals surface area (Å²) in [6.07, 6.45) is 17.9. The van der Waals surface area contributed by atoms with E-state index in [2.05, 4.69) is 67.8 Å². The van der Waals surface area contributed by atoms with E-state index < -0.39 is 124 Å². The zero-order valence-electron chi connectivity index (χ0n) is 45.5. The summed E-state index contributed by atoms with van der Waals surface area (Å²) in [5.41, 5.74) is 0. The maximum atomic E-state index is 13.3.